The molecule has 0 spiro atoms. The van der Waals surface area contributed by atoms with E-state index in [4.69, 9.17) is 14.2 Å². The molecule has 0 bridgehead atoms. The molecular weight excluding hydrogens is 769 g/mol. The van der Waals surface area contributed by atoms with Crippen LogP contribution in [0, 0.1) is 0 Å². The van der Waals surface area contributed by atoms with Crippen molar-refractivity contribution in [3.63, 3.8) is 0 Å². The second kappa shape index (κ2) is 51.3. The van der Waals surface area contributed by atoms with Crippen molar-refractivity contribution in [2.45, 2.75) is 290 Å². The van der Waals surface area contributed by atoms with Crippen LogP contribution in [0.1, 0.15) is 284 Å². The van der Waals surface area contributed by atoms with E-state index in [2.05, 4.69) is 57.2 Å². The van der Waals surface area contributed by atoms with Gasteiger partial charge in [-0.05, 0) is 77.0 Å². The number of hydrogen-bond acceptors (Lipinski definition) is 6. The Kier molecular flexibility index (Phi) is 49.3. The first-order valence-electron chi connectivity index (χ1n) is 27.0. The minimum atomic E-state index is -0.779. The fourth-order valence-corrected chi connectivity index (χ4v) is 7.76. The van der Waals surface area contributed by atoms with E-state index in [0.717, 1.165) is 89.9 Å². The average Bonchev–Trinajstić information content (AvgIpc) is 3.27. The van der Waals surface area contributed by atoms with Gasteiger partial charge in [-0.3, -0.25) is 14.4 Å². The largest absolute Gasteiger partial charge is 0.462 e. The van der Waals surface area contributed by atoms with Gasteiger partial charge in [0.15, 0.2) is 6.10 Å². The maximum Gasteiger partial charge on any atom is 0.306 e. The Morgan fingerprint density at radius 2 is 0.581 bits per heavy atom. The summed E-state index contributed by atoms with van der Waals surface area (Å²) in [5.74, 6) is -0.888. The summed E-state index contributed by atoms with van der Waals surface area (Å²) in [6.45, 7) is 6.61. The zero-order chi connectivity index (χ0) is 45.1. The first-order chi connectivity index (χ1) is 30.5. The second-order valence-electron chi connectivity index (χ2n) is 18.1. The van der Waals surface area contributed by atoms with Crippen LogP contribution in [0.5, 0.6) is 0 Å². The third-order valence-electron chi connectivity index (χ3n) is 11.9. The van der Waals surface area contributed by atoms with Crippen LogP contribution in [-0.4, -0.2) is 37.2 Å². The van der Waals surface area contributed by atoms with Crippen LogP contribution in [0.2, 0.25) is 0 Å². The quantitative estimate of drug-likeness (QED) is 0.0262. The molecule has 0 radical (unpaired) electrons. The van der Waals surface area contributed by atoms with E-state index in [-0.39, 0.29) is 31.1 Å². The van der Waals surface area contributed by atoms with E-state index in [1.165, 1.54) is 154 Å². The van der Waals surface area contributed by atoms with Crippen molar-refractivity contribution in [3.05, 3.63) is 36.5 Å². The van der Waals surface area contributed by atoms with Gasteiger partial charge in [-0.1, -0.05) is 224 Å². The van der Waals surface area contributed by atoms with E-state index in [1.807, 2.05) is 0 Å². The third kappa shape index (κ3) is 48.7. The molecule has 0 aliphatic carbocycles. The zero-order valence-electron chi connectivity index (χ0n) is 41.4. The van der Waals surface area contributed by atoms with Crippen molar-refractivity contribution < 1.29 is 28.6 Å². The van der Waals surface area contributed by atoms with Crippen LogP contribution >= 0.6 is 0 Å². The molecule has 0 aromatic carbocycles. The van der Waals surface area contributed by atoms with Crippen LogP contribution in [0.4, 0.5) is 0 Å². The number of ether oxygens (including phenoxy) is 3. The highest BCUT2D eigenvalue weighted by Crippen LogP contribution is 2.15. The van der Waals surface area contributed by atoms with Gasteiger partial charge in [-0.25, -0.2) is 0 Å². The van der Waals surface area contributed by atoms with Crippen molar-refractivity contribution in [1.82, 2.24) is 0 Å². The molecule has 6 heteroatoms. The highest BCUT2D eigenvalue weighted by Gasteiger charge is 2.19. The first kappa shape index (κ1) is 59.6. The topological polar surface area (TPSA) is 78.9 Å². The minimum absolute atomic E-state index is 0.0774. The van der Waals surface area contributed by atoms with Gasteiger partial charge in [0.1, 0.15) is 13.2 Å². The Hall–Kier alpha value is -2.37. The van der Waals surface area contributed by atoms with E-state index in [0.29, 0.717) is 19.3 Å². The normalized spacial score (nSPS) is 12.2. The first-order valence-corrected chi connectivity index (χ1v) is 27.0. The molecule has 0 saturated carbocycles. The fraction of sp³-hybridized carbons (Fsp3) is 0.839. The third-order valence-corrected chi connectivity index (χ3v) is 11.9. The summed E-state index contributed by atoms with van der Waals surface area (Å²) < 4.78 is 16.8. The summed E-state index contributed by atoms with van der Waals surface area (Å²) in [4.78, 5) is 38.0. The van der Waals surface area contributed by atoms with E-state index < -0.39 is 6.10 Å². The lowest BCUT2D eigenvalue weighted by Crippen LogP contribution is -2.30. The standard InChI is InChI=1S/C56H102O6/c1-4-7-10-13-16-19-22-25-27-29-31-34-37-40-43-46-49-55(58)61-52-53(51-60-54(57)48-45-42-39-36-33-30-24-21-18-15-12-9-6-3)62-56(59)50-47-44-41-38-35-32-28-26-23-20-17-14-11-8-5-2/h17,20,26-29,53H,4-16,18-19,21-25,30-52H2,1-3H3/b20-17-,28-26-,29-27-. The summed E-state index contributed by atoms with van der Waals surface area (Å²) in [7, 11) is 0. The molecule has 0 fully saturated rings. The second-order valence-corrected chi connectivity index (χ2v) is 18.1. The SMILES string of the molecule is CCCCC/C=C\C/C=C\CCCCCCCC(=O)OC(COC(=O)CCCCCCC/C=C\CCCCCCCCC)COC(=O)CCCCCCCCCCCCCCC. The predicted molar refractivity (Wildman–Crippen MR) is 266 cm³/mol. The molecule has 0 heterocycles. The van der Waals surface area contributed by atoms with Gasteiger partial charge in [0.2, 0.25) is 0 Å². The molecule has 0 saturated heterocycles. The molecule has 0 aromatic heterocycles. The van der Waals surface area contributed by atoms with Gasteiger partial charge in [-0.15, -0.1) is 0 Å². The predicted octanol–water partition coefficient (Wildman–Crippen LogP) is 17.7. The number of carbonyl (C=O) groups is 3. The summed E-state index contributed by atoms with van der Waals surface area (Å²) >= 11 is 0. The minimum Gasteiger partial charge on any atom is -0.462 e. The molecule has 62 heavy (non-hydrogen) atoms. The number of unbranched alkanes of at least 4 members (excludes halogenated alkanes) is 32. The van der Waals surface area contributed by atoms with E-state index in [9.17, 15) is 14.4 Å². The molecule has 1 unspecified atom stereocenters. The Labute approximate surface area is 385 Å². The van der Waals surface area contributed by atoms with Crippen LogP contribution in [0.15, 0.2) is 36.5 Å². The molecule has 0 aliphatic heterocycles. The van der Waals surface area contributed by atoms with Crippen molar-refractivity contribution in [2.75, 3.05) is 13.2 Å². The van der Waals surface area contributed by atoms with E-state index >= 15 is 0 Å². The average molecular weight is 871 g/mol. The van der Waals surface area contributed by atoms with Gasteiger partial charge < -0.3 is 14.2 Å². The molecular formula is C56H102O6. The zero-order valence-corrected chi connectivity index (χ0v) is 41.4. The molecule has 0 aromatic rings. The molecule has 0 aliphatic rings. The number of hydrogen-bond donors (Lipinski definition) is 0. The Balaban J connectivity index is 4.38. The van der Waals surface area contributed by atoms with Crippen molar-refractivity contribution in [3.8, 4) is 0 Å². The lowest BCUT2D eigenvalue weighted by Gasteiger charge is -2.18. The summed E-state index contributed by atoms with van der Waals surface area (Å²) in [5.41, 5.74) is 0. The monoisotopic (exact) mass is 871 g/mol. The van der Waals surface area contributed by atoms with Crippen molar-refractivity contribution in [2.24, 2.45) is 0 Å². The van der Waals surface area contributed by atoms with Crippen LogP contribution in [-0.2, 0) is 28.6 Å². The number of rotatable bonds is 49. The highest BCUT2D eigenvalue weighted by molar-refractivity contribution is 5.71. The summed E-state index contributed by atoms with van der Waals surface area (Å²) in [6, 6.07) is 0. The van der Waals surface area contributed by atoms with Gasteiger partial charge >= 0.3 is 17.9 Å². The van der Waals surface area contributed by atoms with Gasteiger partial charge in [0.05, 0.1) is 0 Å². The van der Waals surface area contributed by atoms with Gasteiger partial charge in [0.25, 0.3) is 0 Å². The van der Waals surface area contributed by atoms with E-state index in [1.54, 1.807) is 0 Å². The molecule has 0 N–H and O–H groups in total. The smallest absolute Gasteiger partial charge is 0.306 e. The molecule has 362 valence electrons. The van der Waals surface area contributed by atoms with Crippen LogP contribution < -0.4 is 0 Å². The molecule has 0 rings (SSSR count). The van der Waals surface area contributed by atoms with Crippen molar-refractivity contribution in [1.29, 1.82) is 0 Å². The summed E-state index contributed by atoms with van der Waals surface area (Å²) in [6.07, 6.45) is 59.8. The molecule has 0 amide bonds. The highest BCUT2D eigenvalue weighted by atomic mass is 16.6. The Morgan fingerprint density at radius 1 is 0.323 bits per heavy atom. The van der Waals surface area contributed by atoms with Gasteiger partial charge in [0, 0.05) is 19.3 Å². The molecule has 1 atom stereocenters. The maximum absolute atomic E-state index is 12.8. The Bertz CT molecular complexity index is 1050. The van der Waals surface area contributed by atoms with Gasteiger partial charge in [-0.2, -0.15) is 0 Å². The van der Waals surface area contributed by atoms with Crippen LogP contribution in [0.25, 0.3) is 0 Å². The number of esters is 3. The van der Waals surface area contributed by atoms with Crippen LogP contribution in [0.3, 0.4) is 0 Å². The van der Waals surface area contributed by atoms with Crippen molar-refractivity contribution >= 4 is 17.9 Å². The maximum atomic E-state index is 12.8. The summed E-state index contributed by atoms with van der Waals surface area (Å²) in [5, 5.41) is 0. The number of allylic oxidation sites excluding steroid dienone is 6. The number of carbonyl (C=O) groups excluding carboxylic acids is 3. The fourth-order valence-electron chi connectivity index (χ4n) is 7.76. The lowest BCUT2D eigenvalue weighted by molar-refractivity contribution is -0.167. The lowest BCUT2D eigenvalue weighted by atomic mass is 10.0. The molecule has 6 nitrogen and oxygen atoms in total. The Morgan fingerprint density at radius 3 is 0.935 bits per heavy atom.